The van der Waals surface area contributed by atoms with Crippen LogP contribution in [0.1, 0.15) is 0 Å². The summed E-state index contributed by atoms with van der Waals surface area (Å²) in [5.74, 6) is 4.61. The van der Waals surface area contributed by atoms with Crippen molar-refractivity contribution in [3.8, 4) is 119 Å². The van der Waals surface area contributed by atoms with Crippen LogP contribution in [0.2, 0.25) is 0 Å². The summed E-state index contributed by atoms with van der Waals surface area (Å²) in [6, 6.07) is 163. The molecular weight excluding hydrogens is 1750 g/mol. The average molecular weight is 1830 g/mol. The van der Waals surface area contributed by atoms with Gasteiger partial charge in [0.2, 0.25) is 0 Å². The second-order valence-electron chi connectivity index (χ2n) is 35.1. The van der Waals surface area contributed by atoms with Crippen LogP contribution in [0, 0.1) is 0 Å². The molecule has 0 amide bonds. The van der Waals surface area contributed by atoms with E-state index in [1.165, 1.54) is 111 Å². The molecule has 0 N–H and O–H groups in total. The van der Waals surface area contributed by atoms with Gasteiger partial charge >= 0.3 is 0 Å². The van der Waals surface area contributed by atoms with Crippen LogP contribution in [-0.2, 0) is 0 Å². The molecule has 29 aromatic rings. The quantitative estimate of drug-likeness (QED) is 0.117. The van der Waals surface area contributed by atoms with E-state index < -0.39 is 0 Å². The Hall–Kier alpha value is -18.3. The first kappa shape index (κ1) is 81.2. The topological polar surface area (TPSA) is 131 Å². The summed E-state index contributed by atoms with van der Waals surface area (Å²) in [6.07, 6.45) is 0. The SMILES string of the molecule is c1ccc(-c2cc(-c3ccccc3)nc(-c3cccc(-n4c5ccccc5c5ccc6oc7ccccc7c6c54)c3)n2)cc1.c1ccc(-c2nc(-c3ccccc3)nc(-c3ccc(-n4c5ccccc5c5c6ccccc6c6c7ccccc7sc6c54)cc3)n2)cc1.c1ccc(-c2nc(-c3ccccc3)nc(-c3ccc4c(c3)c3c5ccccc5c5c6ccccc6sc5c3n4-c3ccccc3)n2)cc1. The number of aromatic nitrogens is 11. The fourth-order valence-corrected chi connectivity index (χ4v) is 23.1. The zero-order valence-electron chi connectivity index (χ0n) is 75.1. The maximum absolute atomic E-state index is 6.32. The molecule has 9 heterocycles. The Morgan fingerprint density at radius 2 is 0.500 bits per heavy atom. The molecule has 654 valence electrons. The number of nitrogens with zero attached hydrogens (tertiary/aromatic N) is 11. The summed E-state index contributed by atoms with van der Waals surface area (Å²) in [4.78, 5) is 40.0. The molecule has 0 saturated heterocycles. The first-order chi connectivity index (χ1) is 69.4. The third-order valence-corrected chi connectivity index (χ3v) is 29.2. The highest BCUT2D eigenvalue weighted by Gasteiger charge is 2.28. The van der Waals surface area contributed by atoms with Crippen LogP contribution in [-0.4, -0.2) is 53.6 Å². The Kier molecular flexibility index (Phi) is 19.7. The molecule has 20 aromatic carbocycles. The number of furan rings is 1. The summed E-state index contributed by atoms with van der Waals surface area (Å²) in [6.45, 7) is 0. The molecule has 9 aromatic heterocycles. The van der Waals surface area contributed by atoms with Crippen LogP contribution < -0.4 is 0 Å². The molecule has 12 nitrogen and oxygen atoms in total. The van der Waals surface area contributed by atoms with Crippen molar-refractivity contribution in [3.05, 3.63) is 467 Å². The first-order valence-corrected chi connectivity index (χ1v) is 48.5. The Morgan fingerprint density at radius 1 is 0.171 bits per heavy atom. The van der Waals surface area contributed by atoms with Gasteiger partial charge in [-0.15, -0.1) is 22.7 Å². The van der Waals surface area contributed by atoms with Crippen molar-refractivity contribution >= 4 is 172 Å². The van der Waals surface area contributed by atoms with Gasteiger partial charge in [-0.2, -0.15) is 0 Å². The lowest BCUT2D eigenvalue weighted by Crippen LogP contribution is -2.00. The largest absolute Gasteiger partial charge is 0.456 e. The monoisotopic (exact) mass is 1820 g/mol. The summed E-state index contributed by atoms with van der Waals surface area (Å²) in [5.41, 5.74) is 22.7. The number of para-hydroxylation sites is 4. The normalized spacial score (nSPS) is 11.7. The Labute approximate surface area is 810 Å². The van der Waals surface area contributed by atoms with E-state index in [9.17, 15) is 0 Å². The van der Waals surface area contributed by atoms with Crippen LogP contribution in [0.3, 0.4) is 0 Å². The van der Waals surface area contributed by atoms with E-state index in [1.54, 1.807) is 0 Å². The molecule has 0 aliphatic heterocycles. The lowest BCUT2D eigenvalue weighted by Gasteiger charge is -2.12. The maximum Gasteiger partial charge on any atom is 0.164 e. The standard InChI is InChI=1S/2C43H26N4S.C40H25N3O/c1-4-14-27(15-5-1)41-44-42(28-16-6-2-7-17-28)46-43(45-41)29-24-25-35-34(26-29)37-31-20-10-11-21-32(31)38-33-22-12-13-23-36(33)48-40(38)39(37)47(35)30-18-8-3-9-19-30;1-3-13-27(14-4-1)41-44-42(28-15-5-2-6-16-28)46-43(45-41)29-23-25-30(26-24-29)47-35-21-11-9-19-33(35)37-31-17-7-8-18-32(31)38-34-20-10-12-22-36(34)48-40(38)39(37)47;1-3-12-26(13-4-1)33-25-34(27-14-5-2-6-15-27)42-40(41-33)28-16-11-17-29(24-28)43-35-20-9-7-18-30(35)31-22-23-37-38(39(31)43)32-19-8-10-21-36(32)44-37/h2*1-26H;1-25H. The van der Waals surface area contributed by atoms with Crippen LogP contribution in [0.25, 0.3) is 269 Å². The maximum atomic E-state index is 6.32. The van der Waals surface area contributed by atoms with Crippen LogP contribution in [0.15, 0.2) is 472 Å². The molecule has 0 atom stereocenters. The lowest BCUT2D eigenvalue weighted by atomic mass is 9.98. The molecule has 140 heavy (non-hydrogen) atoms. The number of rotatable bonds is 12. The summed E-state index contributed by atoms with van der Waals surface area (Å²) >= 11 is 3.76. The van der Waals surface area contributed by atoms with Gasteiger partial charge in [0.05, 0.1) is 59.3 Å². The molecule has 0 aliphatic carbocycles. The van der Waals surface area contributed by atoms with Crippen LogP contribution in [0.5, 0.6) is 0 Å². The first-order valence-electron chi connectivity index (χ1n) is 46.8. The smallest absolute Gasteiger partial charge is 0.164 e. The zero-order valence-corrected chi connectivity index (χ0v) is 76.7. The number of hydrogen-bond acceptors (Lipinski definition) is 11. The Bertz CT molecular complexity index is 9760. The number of benzene rings is 20. The molecule has 0 saturated carbocycles. The van der Waals surface area contributed by atoms with E-state index >= 15 is 0 Å². The Balaban J connectivity index is 0.000000106. The van der Waals surface area contributed by atoms with Gasteiger partial charge < -0.3 is 18.1 Å². The minimum atomic E-state index is 0.648. The third kappa shape index (κ3) is 13.9. The molecule has 14 heteroatoms. The van der Waals surface area contributed by atoms with Gasteiger partial charge in [0.15, 0.2) is 40.8 Å². The predicted octanol–water partition coefficient (Wildman–Crippen LogP) is 33.5. The molecule has 0 bridgehead atoms. The van der Waals surface area contributed by atoms with E-state index in [2.05, 4.69) is 311 Å². The van der Waals surface area contributed by atoms with E-state index in [4.69, 9.17) is 44.3 Å². The van der Waals surface area contributed by atoms with E-state index in [1.807, 2.05) is 193 Å². The second kappa shape index (κ2) is 33.9. The lowest BCUT2D eigenvalue weighted by molar-refractivity contribution is 0.669. The van der Waals surface area contributed by atoms with Gasteiger partial charge in [-0.1, -0.05) is 352 Å². The van der Waals surface area contributed by atoms with E-state index in [0.29, 0.717) is 40.8 Å². The van der Waals surface area contributed by atoms with Gasteiger partial charge in [0, 0.05) is 136 Å². The van der Waals surface area contributed by atoms with E-state index in [0.717, 1.165) is 117 Å². The van der Waals surface area contributed by atoms with Gasteiger partial charge in [-0.3, -0.25) is 0 Å². The second-order valence-corrected chi connectivity index (χ2v) is 37.2. The average Bonchev–Trinajstić information content (AvgIpc) is 1.54. The summed E-state index contributed by atoms with van der Waals surface area (Å²) < 4.78 is 18.8. The number of thiophene rings is 2. The summed E-state index contributed by atoms with van der Waals surface area (Å²) in [7, 11) is 0. The molecule has 0 fully saturated rings. The zero-order chi connectivity index (χ0) is 92.2. The predicted molar refractivity (Wildman–Crippen MR) is 582 cm³/mol. The summed E-state index contributed by atoms with van der Waals surface area (Å²) in [5, 5.41) is 19.9. The number of hydrogen-bond donors (Lipinski definition) is 0. The number of fused-ring (bicyclic) bond motifs is 27. The molecule has 0 radical (unpaired) electrons. The van der Waals surface area contributed by atoms with Crippen molar-refractivity contribution in [2.45, 2.75) is 0 Å². The third-order valence-electron chi connectivity index (χ3n) is 26.9. The van der Waals surface area contributed by atoms with Crippen LogP contribution in [0.4, 0.5) is 0 Å². The molecule has 0 unspecified atom stereocenters. The van der Waals surface area contributed by atoms with Crippen molar-refractivity contribution in [3.63, 3.8) is 0 Å². The highest BCUT2D eigenvalue weighted by molar-refractivity contribution is 7.27. The van der Waals surface area contributed by atoms with Gasteiger partial charge in [0.1, 0.15) is 11.2 Å². The molecule has 29 rings (SSSR count). The van der Waals surface area contributed by atoms with Crippen molar-refractivity contribution in [1.29, 1.82) is 0 Å². The van der Waals surface area contributed by atoms with Crippen molar-refractivity contribution in [1.82, 2.24) is 53.6 Å². The van der Waals surface area contributed by atoms with Gasteiger partial charge in [-0.25, -0.2) is 39.9 Å². The fraction of sp³-hybridized carbons (Fsp3) is 0. The Morgan fingerprint density at radius 3 is 0.993 bits per heavy atom. The minimum absolute atomic E-state index is 0.648. The van der Waals surface area contributed by atoms with Crippen molar-refractivity contribution in [2.75, 3.05) is 0 Å². The minimum Gasteiger partial charge on any atom is -0.456 e. The van der Waals surface area contributed by atoms with Gasteiger partial charge in [0.25, 0.3) is 0 Å². The van der Waals surface area contributed by atoms with Crippen molar-refractivity contribution < 1.29 is 4.42 Å². The van der Waals surface area contributed by atoms with Gasteiger partial charge in [-0.05, 0) is 137 Å². The molecule has 0 aliphatic rings. The highest BCUT2D eigenvalue weighted by atomic mass is 32.1. The molecule has 0 spiro atoms. The molecular formula is C126H77N11OS2. The van der Waals surface area contributed by atoms with E-state index in [-0.39, 0.29) is 0 Å². The van der Waals surface area contributed by atoms with Crippen LogP contribution >= 0.6 is 22.7 Å². The van der Waals surface area contributed by atoms with Crippen molar-refractivity contribution in [2.24, 2.45) is 0 Å². The highest BCUT2D eigenvalue weighted by Crippen LogP contribution is 2.52. The fourth-order valence-electron chi connectivity index (χ4n) is 20.6.